The van der Waals surface area contributed by atoms with Crippen molar-refractivity contribution >= 4 is 11.8 Å². The molecule has 0 aliphatic carbocycles. The van der Waals surface area contributed by atoms with Crippen LogP contribution in [-0.4, -0.2) is 64.8 Å². The summed E-state index contributed by atoms with van der Waals surface area (Å²) in [5.74, 6) is -0.526. The lowest BCUT2D eigenvalue weighted by molar-refractivity contribution is -0.135. The van der Waals surface area contributed by atoms with Crippen LogP contribution >= 0.6 is 0 Å². The highest BCUT2D eigenvalue weighted by atomic mass is 16.3. The second-order valence-corrected chi connectivity index (χ2v) is 6.91. The fraction of sp³-hybridized carbons (Fsp3) is 0.579. The van der Waals surface area contributed by atoms with Gasteiger partial charge in [-0.15, -0.1) is 0 Å². The van der Waals surface area contributed by atoms with Crippen LogP contribution in [0.25, 0.3) is 0 Å². The zero-order chi connectivity index (χ0) is 19.2. The highest BCUT2D eigenvalue weighted by Crippen LogP contribution is 2.17. The first-order valence-electron chi connectivity index (χ1n) is 9.03. The Hall–Kier alpha value is -1.96. The Labute approximate surface area is 154 Å². The van der Waals surface area contributed by atoms with Gasteiger partial charge in [-0.25, -0.2) is 0 Å². The Morgan fingerprint density at radius 2 is 2.04 bits per heavy atom. The van der Waals surface area contributed by atoms with Gasteiger partial charge in [0.2, 0.25) is 11.8 Å². The number of hydrogen-bond donors (Lipinski definition) is 4. The van der Waals surface area contributed by atoms with E-state index in [1.54, 1.807) is 6.92 Å². The van der Waals surface area contributed by atoms with Crippen LogP contribution in [0.4, 0.5) is 0 Å². The fourth-order valence-electron chi connectivity index (χ4n) is 3.14. The summed E-state index contributed by atoms with van der Waals surface area (Å²) in [6, 6.07) is 7.42. The van der Waals surface area contributed by atoms with E-state index in [-0.39, 0.29) is 31.4 Å². The maximum atomic E-state index is 12.5. The van der Waals surface area contributed by atoms with Gasteiger partial charge in [-0.3, -0.25) is 14.5 Å². The lowest BCUT2D eigenvalue weighted by atomic mass is 9.97. The third-order valence-corrected chi connectivity index (χ3v) is 5.14. The van der Waals surface area contributed by atoms with Crippen LogP contribution in [0, 0.1) is 6.92 Å². The van der Waals surface area contributed by atoms with E-state index in [4.69, 9.17) is 0 Å². The van der Waals surface area contributed by atoms with Gasteiger partial charge in [0, 0.05) is 19.6 Å². The van der Waals surface area contributed by atoms with Crippen LogP contribution in [0.5, 0.6) is 0 Å². The van der Waals surface area contributed by atoms with E-state index < -0.39 is 11.6 Å². The summed E-state index contributed by atoms with van der Waals surface area (Å²) in [6.07, 6.45) is 0.384. The molecule has 0 aromatic heterocycles. The highest BCUT2D eigenvalue weighted by Gasteiger charge is 2.34. The minimum Gasteiger partial charge on any atom is -0.394 e. The Morgan fingerprint density at radius 1 is 1.35 bits per heavy atom. The zero-order valence-electron chi connectivity index (χ0n) is 15.5. The number of carbonyl (C=O) groups excluding carboxylic acids is 2. The van der Waals surface area contributed by atoms with E-state index in [0.29, 0.717) is 26.1 Å². The molecule has 1 aromatic carbocycles. The molecule has 2 amide bonds. The Kier molecular flexibility index (Phi) is 7.14. The molecule has 0 bridgehead atoms. The number of aliphatic hydroxyl groups is 2. The molecule has 1 heterocycles. The molecule has 144 valence electrons. The molecular weight excluding hydrogens is 334 g/mol. The lowest BCUT2D eigenvalue weighted by Crippen LogP contribution is -2.59. The molecule has 0 spiro atoms. The fourth-order valence-corrected chi connectivity index (χ4v) is 3.14. The molecule has 1 fully saturated rings. The summed E-state index contributed by atoms with van der Waals surface area (Å²) in [4.78, 5) is 26.8. The van der Waals surface area contributed by atoms with Crippen LogP contribution in [-0.2, 0) is 16.1 Å². The van der Waals surface area contributed by atoms with E-state index in [1.165, 1.54) is 0 Å². The van der Waals surface area contributed by atoms with Gasteiger partial charge in [0.25, 0.3) is 0 Å². The summed E-state index contributed by atoms with van der Waals surface area (Å²) in [7, 11) is 0. The van der Waals surface area contributed by atoms with Gasteiger partial charge in [0.05, 0.1) is 31.2 Å². The second-order valence-electron chi connectivity index (χ2n) is 6.91. The molecule has 4 N–H and O–H groups in total. The summed E-state index contributed by atoms with van der Waals surface area (Å²) in [6.45, 7) is 4.91. The molecule has 26 heavy (non-hydrogen) atoms. The van der Waals surface area contributed by atoms with Crippen molar-refractivity contribution in [3.8, 4) is 0 Å². The largest absolute Gasteiger partial charge is 0.394 e. The van der Waals surface area contributed by atoms with Gasteiger partial charge < -0.3 is 20.8 Å². The predicted octanol–water partition coefficient (Wildman–Crippen LogP) is -0.0649. The SMILES string of the molecule is CCC(CO)(CO)NC(=O)C[C@@H]1C(=O)NCCN1Cc1ccccc1C. The normalized spacial score (nSPS) is 18.5. The van der Waals surface area contributed by atoms with Crippen molar-refractivity contribution in [2.45, 2.75) is 44.8 Å². The highest BCUT2D eigenvalue weighted by molar-refractivity contribution is 5.89. The number of amides is 2. The molecule has 7 heteroatoms. The second kappa shape index (κ2) is 9.12. The number of aryl methyl sites for hydroxylation is 1. The molecule has 1 aliphatic heterocycles. The van der Waals surface area contributed by atoms with Crippen LogP contribution in [0.1, 0.15) is 30.9 Å². The molecule has 1 aliphatic rings. The molecule has 2 rings (SSSR count). The number of benzene rings is 1. The molecule has 0 radical (unpaired) electrons. The van der Waals surface area contributed by atoms with Crippen LogP contribution in [0.15, 0.2) is 24.3 Å². The van der Waals surface area contributed by atoms with Gasteiger partial charge in [-0.2, -0.15) is 0 Å². The zero-order valence-corrected chi connectivity index (χ0v) is 15.5. The standard InChI is InChI=1S/C19H29N3O4/c1-3-19(12-23,13-24)21-17(25)10-16-18(26)20-8-9-22(16)11-15-7-5-4-6-14(15)2/h4-7,16,23-24H,3,8-13H2,1-2H3,(H,20,26)(H,21,25)/t16-/m1/s1. The number of carbonyl (C=O) groups is 2. The monoisotopic (exact) mass is 363 g/mol. The third kappa shape index (κ3) is 4.81. The summed E-state index contributed by atoms with van der Waals surface area (Å²) < 4.78 is 0. The van der Waals surface area contributed by atoms with Crippen molar-refractivity contribution < 1.29 is 19.8 Å². The number of piperazine rings is 1. The first kappa shape index (κ1) is 20.4. The number of nitrogens with one attached hydrogen (secondary N) is 2. The van der Waals surface area contributed by atoms with Crippen molar-refractivity contribution in [1.82, 2.24) is 15.5 Å². The predicted molar refractivity (Wildman–Crippen MR) is 98.3 cm³/mol. The first-order chi connectivity index (χ1) is 12.4. The quantitative estimate of drug-likeness (QED) is 0.518. The van der Waals surface area contributed by atoms with Crippen molar-refractivity contribution in [2.75, 3.05) is 26.3 Å². The van der Waals surface area contributed by atoms with Crippen LogP contribution in [0.2, 0.25) is 0 Å². The molecule has 0 saturated carbocycles. The van der Waals surface area contributed by atoms with Crippen molar-refractivity contribution in [3.63, 3.8) is 0 Å². The van der Waals surface area contributed by atoms with E-state index in [9.17, 15) is 19.8 Å². The Bertz CT molecular complexity index is 623. The number of nitrogens with zero attached hydrogens (tertiary/aromatic N) is 1. The summed E-state index contributed by atoms with van der Waals surface area (Å²) >= 11 is 0. The number of rotatable bonds is 8. The van der Waals surface area contributed by atoms with Gasteiger partial charge in [-0.1, -0.05) is 31.2 Å². The van der Waals surface area contributed by atoms with Gasteiger partial charge in [0.15, 0.2) is 0 Å². The molecule has 7 nitrogen and oxygen atoms in total. The van der Waals surface area contributed by atoms with Crippen molar-refractivity contribution in [1.29, 1.82) is 0 Å². The molecule has 0 unspecified atom stereocenters. The van der Waals surface area contributed by atoms with Gasteiger partial charge in [-0.05, 0) is 24.5 Å². The number of hydrogen-bond acceptors (Lipinski definition) is 5. The third-order valence-electron chi connectivity index (χ3n) is 5.14. The minimum absolute atomic E-state index is 0.0144. The smallest absolute Gasteiger partial charge is 0.237 e. The van der Waals surface area contributed by atoms with E-state index >= 15 is 0 Å². The summed E-state index contributed by atoms with van der Waals surface area (Å²) in [5, 5.41) is 24.5. The summed E-state index contributed by atoms with van der Waals surface area (Å²) in [5.41, 5.74) is 1.22. The van der Waals surface area contributed by atoms with Crippen LogP contribution in [0.3, 0.4) is 0 Å². The van der Waals surface area contributed by atoms with Crippen molar-refractivity contribution in [2.24, 2.45) is 0 Å². The lowest BCUT2D eigenvalue weighted by Gasteiger charge is -2.36. The average molecular weight is 363 g/mol. The van der Waals surface area contributed by atoms with Gasteiger partial charge in [0.1, 0.15) is 0 Å². The Morgan fingerprint density at radius 3 is 2.65 bits per heavy atom. The number of aliphatic hydroxyl groups excluding tert-OH is 2. The van der Waals surface area contributed by atoms with Crippen molar-refractivity contribution in [3.05, 3.63) is 35.4 Å². The topological polar surface area (TPSA) is 102 Å². The van der Waals surface area contributed by atoms with Crippen LogP contribution < -0.4 is 10.6 Å². The van der Waals surface area contributed by atoms with Gasteiger partial charge >= 0.3 is 0 Å². The first-order valence-corrected chi connectivity index (χ1v) is 9.03. The Balaban J connectivity index is 2.09. The maximum absolute atomic E-state index is 12.5. The molecule has 1 atom stereocenters. The molecular formula is C19H29N3O4. The maximum Gasteiger partial charge on any atom is 0.237 e. The van der Waals surface area contributed by atoms with E-state index in [0.717, 1.165) is 11.1 Å². The van der Waals surface area contributed by atoms with E-state index in [2.05, 4.69) is 10.6 Å². The molecule has 1 aromatic rings. The average Bonchev–Trinajstić information content (AvgIpc) is 2.64. The van der Waals surface area contributed by atoms with E-state index in [1.807, 2.05) is 36.1 Å². The minimum atomic E-state index is -1.05. The molecule has 1 saturated heterocycles.